The van der Waals surface area contributed by atoms with Gasteiger partial charge in [-0.25, -0.2) is 4.79 Å². The van der Waals surface area contributed by atoms with E-state index in [9.17, 15) is 4.79 Å². The van der Waals surface area contributed by atoms with E-state index < -0.39 is 0 Å². The van der Waals surface area contributed by atoms with Gasteiger partial charge in [0.25, 0.3) is 0 Å². The van der Waals surface area contributed by atoms with Crippen LogP contribution in [-0.4, -0.2) is 14.2 Å². The van der Waals surface area contributed by atoms with Crippen LogP contribution < -0.4 is 15.1 Å². The molecule has 3 aromatic rings. The average Bonchev–Trinajstić information content (AvgIpc) is 2.54. The first-order valence-electron chi connectivity index (χ1n) is 6.90. The minimum atomic E-state index is -0.386. The maximum atomic E-state index is 12.5. The highest BCUT2D eigenvalue weighted by Gasteiger charge is 2.17. The van der Waals surface area contributed by atoms with Crippen LogP contribution in [0.4, 0.5) is 0 Å². The second kappa shape index (κ2) is 5.56. The molecule has 0 N–H and O–H groups in total. The monoisotopic (exact) mass is 296 g/mol. The number of methoxy groups -OCH3 is 2. The fourth-order valence-electron chi connectivity index (χ4n) is 2.63. The summed E-state index contributed by atoms with van der Waals surface area (Å²) in [6.07, 6.45) is 0. The van der Waals surface area contributed by atoms with Crippen molar-refractivity contribution >= 4 is 11.0 Å². The minimum absolute atomic E-state index is 0.386. The predicted molar refractivity (Wildman–Crippen MR) is 85.8 cm³/mol. The topological polar surface area (TPSA) is 48.7 Å². The molecule has 4 nitrogen and oxygen atoms in total. The first-order valence-corrected chi connectivity index (χ1v) is 6.90. The SMILES string of the molecule is COc1ccc(OC)c(-c2c(C)c3ccccc3oc2=O)c1. The van der Waals surface area contributed by atoms with Gasteiger partial charge in [-0.1, -0.05) is 18.2 Å². The Balaban J connectivity index is 2.37. The van der Waals surface area contributed by atoms with E-state index in [2.05, 4.69) is 0 Å². The van der Waals surface area contributed by atoms with Gasteiger partial charge < -0.3 is 13.9 Å². The van der Waals surface area contributed by atoms with Crippen LogP contribution in [0.5, 0.6) is 11.5 Å². The predicted octanol–water partition coefficient (Wildman–Crippen LogP) is 3.79. The first kappa shape index (κ1) is 14.2. The second-order valence-corrected chi connectivity index (χ2v) is 4.95. The van der Waals surface area contributed by atoms with Gasteiger partial charge in [-0.3, -0.25) is 0 Å². The Morgan fingerprint density at radius 3 is 2.50 bits per heavy atom. The molecule has 0 saturated carbocycles. The van der Waals surface area contributed by atoms with Gasteiger partial charge in [0.2, 0.25) is 0 Å². The number of hydrogen-bond donors (Lipinski definition) is 0. The molecule has 0 atom stereocenters. The number of fused-ring (bicyclic) bond motifs is 1. The Bertz CT molecular complexity index is 893. The van der Waals surface area contributed by atoms with Crippen molar-refractivity contribution in [3.8, 4) is 22.6 Å². The zero-order valence-corrected chi connectivity index (χ0v) is 12.7. The molecule has 2 aromatic carbocycles. The first-order chi connectivity index (χ1) is 10.7. The maximum Gasteiger partial charge on any atom is 0.344 e. The molecule has 22 heavy (non-hydrogen) atoms. The summed E-state index contributed by atoms with van der Waals surface area (Å²) in [4.78, 5) is 12.5. The van der Waals surface area contributed by atoms with Crippen molar-refractivity contribution in [2.45, 2.75) is 6.92 Å². The molecule has 0 saturated heterocycles. The van der Waals surface area contributed by atoms with Gasteiger partial charge in [0, 0.05) is 10.9 Å². The molecule has 1 heterocycles. The van der Waals surface area contributed by atoms with Crippen LogP contribution in [0.1, 0.15) is 5.56 Å². The highest BCUT2D eigenvalue weighted by atomic mass is 16.5. The summed E-state index contributed by atoms with van der Waals surface area (Å²) < 4.78 is 16.1. The molecule has 0 unspecified atom stereocenters. The Morgan fingerprint density at radius 2 is 1.77 bits per heavy atom. The van der Waals surface area contributed by atoms with E-state index in [1.807, 2.05) is 25.1 Å². The number of para-hydroxylation sites is 1. The molecule has 3 rings (SSSR count). The highest BCUT2D eigenvalue weighted by Crippen LogP contribution is 2.35. The second-order valence-electron chi connectivity index (χ2n) is 4.95. The normalized spacial score (nSPS) is 10.7. The molecular weight excluding hydrogens is 280 g/mol. The highest BCUT2D eigenvalue weighted by molar-refractivity contribution is 5.88. The van der Waals surface area contributed by atoms with Gasteiger partial charge in [0.1, 0.15) is 17.1 Å². The van der Waals surface area contributed by atoms with Crippen molar-refractivity contribution in [2.24, 2.45) is 0 Å². The summed E-state index contributed by atoms with van der Waals surface area (Å²) in [6, 6.07) is 12.8. The molecule has 112 valence electrons. The van der Waals surface area contributed by atoms with Gasteiger partial charge in [-0.15, -0.1) is 0 Å². The van der Waals surface area contributed by atoms with Crippen molar-refractivity contribution in [1.29, 1.82) is 0 Å². The summed E-state index contributed by atoms with van der Waals surface area (Å²) in [7, 11) is 3.16. The lowest BCUT2D eigenvalue weighted by atomic mass is 9.98. The summed E-state index contributed by atoms with van der Waals surface area (Å²) in [5.41, 5.74) is 2.21. The maximum absolute atomic E-state index is 12.5. The van der Waals surface area contributed by atoms with Gasteiger partial charge >= 0.3 is 5.63 Å². The molecule has 0 radical (unpaired) electrons. The van der Waals surface area contributed by atoms with E-state index in [4.69, 9.17) is 13.9 Å². The summed E-state index contributed by atoms with van der Waals surface area (Å²) >= 11 is 0. The Morgan fingerprint density at radius 1 is 1.00 bits per heavy atom. The molecule has 0 aliphatic rings. The van der Waals surface area contributed by atoms with E-state index in [1.165, 1.54) is 0 Å². The summed E-state index contributed by atoms with van der Waals surface area (Å²) in [6.45, 7) is 1.91. The zero-order valence-electron chi connectivity index (χ0n) is 12.7. The fourth-order valence-corrected chi connectivity index (χ4v) is 2.63. The van der Waals surface area contributed by atoms with E-state index >= 15 is 0 Å². The standard InChI is InChI=1S/C18H16O4/c1-11-13-6-4-5-7-16(13)22-18(19)17(11)14-10-12(20-2)8-9-15(14)21-3/h4-10H,1-3H3. The third-order valence-electron chi connectivity index (χ3n) is 3.75. The molecule has 0 aliphatic heterocycles. The van der Waals surface area contributed by atoms with Gasteiger partial charge in [0.05, 0.1) is 19.8 Å². The largest absolute Gasteiger partial charge is 0.497 e. The number of ether oxygens (including phenoxy) is 2. The van der Waals surface area contributed by atoms with Crippen LogP contribution in [0.25, 0.3) is 22.1 Å². The number of benzene rings is 2. The lowest BCUT2D eigenvalue weighted by Crippen LogP contribution is -2.07. The van der Waals surface area contributed by atoms with Crippen LogP contribution in [0.3, 0.4) is 0 Å². The molecular formula is C18H16O4. The molecule has 0 spiro atoms. The molecule has 0 fully saturated rings. The number of rotatable bonds is 3. The molecule has 0 amide bonds. The van der Waals surface area contributed by atoms with Crippen LogP contribution in [0.2, 0.25) is 0 Å². The van der Waals surface area contributed by atoms with Crippen molar-refractivity contribution in [3.05, 3.63) is 58.4 Å². The van der Waals surface area contributed by atoms with Crippen molar-refractivity contribution in [1.82, 2.24) is 0 Å². The van der Waals surface area contributed by atoms with Gasteiger partial charge in [-0.2, -0.15) is 0 Å². The van der Waals surface area contributed by atoms with E-state index in [1.54, 1.807) is 38.5 Å². The zero-order chi connectivity index (χ0) is 15.7. The Labute approximate surface area is 127 Å². The minimum Gasteiger partial charge on any atom is -0.497 e. The third-order valence-corrected chi connectivity index (χ3v) is 3.75. The van der Waals surface area contributed by atoms with Crippen LogP contribution >= 0.6 is 0 Å². The van der Waals surface area contributed by atoms with Crippen molar-refractivity contribution < 1.29 is 13.9 Å². The smallest absolute Gasteiger partial charge is 0.344 e. The van der Waals surface area contributed by atoms with Gasteiger partial charge in [0.15, 0.2) is 0 Å². The Kier molecular flexibility index (Phi) is 3.59. The van der Waals surface area contributed by atoms with Crippen LogP contribution in [0.15, 0.2) is 51.7 Å². The average molecular weight is 296 g/mol. The number of aryl methyl sites for hydroxylation is 1. The third kappa shape index (κ3) is 2.22. The van der Waals surface area contributed by atoms with Crippen LogP contribution in [-0.2, 0) is 0 Å². The molecule has 0 bridgehead atoms. The molecule has 0 aliphatic carbocycles. The fraction of sp³-hybridized carbons (Fsp3) is 0.167. The summed E-state index contributed by atoms with van der Waals surface area (Å²) in [5.74, 6) is 1.26. The lowest BCUT2D eigenvalue weighted by Gasteiger charge is -2.12. The molecule has 1 aromatic heterocycles. The molecule has 4 heteroatoms. The Hall–Kier alpha value is -2.75. The summed E-state index contributed by atoms with van der Waals surface area (Å²) in [5, 5.41) is 0.905. The van der Waals surface area contributed by atoms with E-state index in [-0.39, 0.29) is 5.63 Å². The van der Waals surface area contributed by atoms with Crippen LogP contribution in [0, 0.1) is 6.92 Å². The van der Waals surface area contributed by atoms with Crippen molar-refractivity contribution in [2.75, 3.05) is 14.2 Å². The van der Waals surface area contributed by atoms with E-state index in [0.29, 0.717) is 28.2 Å². The quantitative estimate of drug-likeness (QED) is 0.690. The van der Waals surface area contributed by atoms with E-state index in [0.717, 1.165) is 10.9 Å². The van der Waals surface area contributed by atoms with Crippen molar-refractivity contribution in [3.63, 3.8) is 0 Å². The van der Waals surface area contributed by atoms with Gasteiger partial charge in [-0.05, 0) is 36.8 Å². The lowest BCUT2D eigenvalue weighted by molar-refractivity contribution is 0.404. The number of hydrogen-bond acceptors (Lipinski definition) is 4.